The summed E-state index contributed by atoms with van der Waals surface area (Å²) in [7, 11) is -3.31. The third-order valence-corrected chi connectivity index (χ3v) is 6.65. The highest BCUT2D eigenvalue weighted by molar-refractivity contribution is 7.88. The summed E-state index contributed by atoms with van der Waals surface area (Å²) in [5.74, 6) is 0.794. The molecule has 2 aromatic carbocycles. The van der Waals surface area contributed by atoms with Crippen LogP contribution >= 0.6 is 11.6 Å². The van der Waals surface area contributed by atoms with Gasteiger partial charge in [0.25, 0.3) is 0 Å². The van der Waals surface area contributed by atoms with E-state index in [1.54, 1.807) is 6.20 Å². The predicted octanol–water partition coefficient (Wildman–Crippen LogP) is 4.08. The Morgan fingerprint density at radius 2 is 1.78 bits per heavy atom. The zero-order chi connectivity index (χ0) is 23.0. The normalized spacial score (nSPS) is 11.8. The van der Waals surface area contributed by atoms with E-state index in [4.69, 9.17) is 22.3 Å². The summed E-state index contributed by atoms with van der Waals surface area (Å²) in [6.45, 7) is 1.17. The molecule has 0 aliphatic carbocycles. The van der Waals surface area contributed by atoms with E-state index in [-0.39, 0.29) is 0 Å². The monoisotopic (exact) mass is 472 g/mol. The second kappa shape index (κ2) is 11.5. The Morgan fingerprint density at radius 3 is 2.50 bits per heavy atom. The molecule has 0 amide bonds. The van der Waals surface area contributed by atoms with Crippen molar-refractivity contribution in [2.75, 3.05) is 19.3 Å². The van der Waals surface area contributed by atoms with E-state index in [2.05, 4.69) is 4.98 Å². The zero-order valence-corrected chi connectivity index (χ0v) is 19.8. The molecule has 0 bridgehead atoms. The smallest absolute Gasteiger partial charge is 0.211 e. The van der Waals surface area contributed by atoms with Crippen LogP contribution in [0.25, 0.3) is 11.3 Å². The Hall–Kier alpha value is -2.32. The van der Waals surface area contributed by atoms with Crippen LogP contribution in [0.15, 0.2) is 60.8 Å². The van der Waals surface area contributed by atoms with Gasteiger partial charge in [0, 0.05) is 36.3 Å². The average Bonchev–Trinajstić information content (AvgIpc) is 2.78. The van der Waals surface area contributed by atoms with E-state index in [9.17, 15) is 8.42 Å². The number of hydrogen-bond donors (Lipinski definition) is 1. The number of hydrogen-bond acceptors (Lipinski definition) is 5. The van der Waals surface area contributed by atoms with Gasteiger partial charge in [-0.2, -0.15) is 4.31 Å². The number of rotatable bonds is 11. The largest absolute Gasteiger partial charge is 0.330 e. The fourth-order valence-corrected chi connectivity index (χ4v) is 4.41. The highest BCUT2D eigenvalue weighted by Crippen LogP contribution is 2.20. The number of nitrogens with two attached hydrogens (primary N) is 1. The lowest BCUT2D eigenvalue weighted by molar-refractivity contribution is 0.405. The quantitative estimate of drug-likeness (QED) is 0.454. The summed E-state index contributed by atoms with van der Waals surface area (Å²) < 4.78 is 25.7. The van der Waals surface area contributed by atoms with Gasteiger partial charge in [0.1, 0.15) is 5.82 Å². The maximum absolute atomic E-state index is 12.1. The van der Waals surface area contributed by atoms with Gasteiger partial charge in [-0.3, -0.25) is 0 Å². The minimum atomic E-state index is -3.31. The fraction of sp³-hybridized carbons (Fsp3) is 0.333. The first-order valence-corrected chi connectivity index (χ1v) is 12.9. The second-order valence-electron chi connectivity index (χ2n) is 7.78. The predicted molar refractivity (Wildman–Crippen MR) is 130 cm³/mol. The molecule has 3 aromatic rings. The Bertz CT molecular complexity index is 1120. The summed E-state index contributed by atoms with van der Waals surface area (Å²) in [5.41, 5.74) is 9.48. The molecular formula is C24H29ClN4O2S. The van der Waals surface area contributed by atoms with Gasteiger partial charge in [-0.1, -0.05) is 41.9 Å². The topological polar surface area (TPSA) is 89.2 Å². The molecule has 0 saturated heterocycles. The zero-order valence-electron chi connectivity index (χ0n) is 18.2. The van der Waals surface area contributed by atoms with Crippen LogP contribution in [0.3, 0.4) is 0 Å². The Kier molecular flexibility index (Phi) is 8.75. The van der Waals surface area contributed by atoms with Crippen molar-refractivity contribution in [3.63, 3.8) is 0 Å². The van der Waals surface area contributed by atoms with Crippen molar-refractivity contribution in [2.45, 2.75) is 32.2 Å². The van der Waals surface area contributed by atoms with Gasteiger partial charge in [0.05, 0.1) is 11.9 Å². The molecule has 0 unspecified atom stereocenters. The third-order valence-electron chi connectivity index (χ3n) is 5.15. The SMILES string of the molecule is CS(=O)(=O)N(CCCN)Cc1cccc(-c2ccnc(CCCc3ccc(Cl)cc3)n2)c1. The van der Waals surface area contributed by atoms with Crippen LogP contribution in [-0.2, 0) is 29.4 Å². The van der Waals surface area contributed by atoms with Gasteiger partial charge in [-0.15, -0.1) is 0 Å². The van der Waals surface area contributed by atoms with Crippen LogP contribution in [0.4, 0.5) is 0 Å². The highest BCUT2D eigenvalue weighted by atomic mass is 35.5. The van der Waals surface area contributed by atoms with Crippen molar-refractivity contribution in [1.82, 2.24) is 14.3 Å². The van der Waals surface area contributed by atoms with E-state index in [1.807, 2.05) is 54.6 Å². The summed E-state index contributed by atoms with van der Waals surface area (Å²) in [6, 6.07) is 17.6. The third kappa shape index (κ3) is 7.38. The van der Waals surface area contributed by atoms with Crippen LogP contribution < -0.4 is 5.73 Å². The van der Waals surface area contributed by atoms with Crippen molar-refractivity contribution in [1.29, 1.82) is 0 Å². The molecule has 0 saturated carbocycles. The molecule has 6 nitrogen and oxygen atoms in total. The second-order valence-corrected chi connectivity index (χ2v) is 10.2. The van der Waals surface area contributed by atoms with E-state index in [1.165, 1.54) is 16.1 Å². The molecule has 8 heteroatoms. The molecule has 1 heterocycles. The first-order valence-electron chi connectivity index (χ1n) is 10.7. The molecule has 0 fully saturated rings. The van der Waals surface area contributed by atoms with Crippen molar-refractivity contribution in [3.05, 3.63) is 82.8 Å². The van der Waals surface area contributed by atoms with Gasteiger partial charge >= 0.3 is 0 Å². The minimum absolute atomic E-state index is 0.311. The average molecular weight is 473 g/mol. The fourth-order valence-electron chi connectivity index (χ4n) is 3.44. The first-order chi connectivity index (χ1) is 15.3. The molecule has 2 N–H and O–H groups in total. The molecule has 0 atom stereocenters. The lowest BCUT2D eigenvalue weighted by Gasteiger charge is -2.20. The van der Waals surface area contributed by atoms with Crippen molar-refractivity contribution < 1.29 is 8.42 Å². The number of aromatic nitrogens is 2. The van der Waals surface area contributed by atoms with Crippen molar-refractivity contribution in [3.8, 4) is 11.3 Å². The number of aryl methyl sites for hydroxylation is 2. The molecular weight excluding hydrogens is 444 g/mol. The number of benzene rings is 2. The van der Waals surface area contributed by atoms with Gasteiger partial charge in [0.15, 0.2) is 0 Å². The summed E-state index contributed by atoms with van der Waals surface area (Å²) in [6.07, 6.45) is 6.28. The van der Waals surface area contributed by atoms with Crippen molar-refractivity contribution in [2.24, 2.45) is 5.73 Å². The maximum atomic E-state index is 12.1. The van der Waals surface area contributed by atoms with Gasteiger partial charge in [0.2, 0.25) is 10.0 Å². The number of halogens is 1. The maximum Gasteiger partial charge on any atom is 0.211 e. The van der Waals surface area contributed by atoms with E-state index in [0.717, 1.165) is 46.9 Å². The summed E-state index contributed by atoms with van der Waals surface area (Å²) in [4.78, 5) is 9.14. The minimum Gasteiger partial charge on any atom is -0.330 e. The Morgan fingerprint density at radius 1 is 1.00 bits per heavy atom. The lowest BCUT2D eigenvalue weighted by Crippen LogP contribution is -2.31. The molecule has 0 aliphatic rings. The van der Waals surface area contributed by atoms with Crippen LogP contribution in [0.5, 0.6) is 0 Å². The van der Waals surface area contributed by atoms with E-state index >= 15 is 0 Å². The van der Waals surface area contributed by atoms with Gasteiger partial charge in [-0.05, 0) is 61.2 Å². The van der Waals surface area contributed by atoms with Crippen LogP contribution in [0.2, 0.25) is 5.02 Å². The van der Waals surface area contributed by atoms with Crippen LogP contribution in [-0.4, -0.2) is 42.0 Å². The van der Waals surface area contributed by atoms with Gasteiger partial charge < -0.3 is 5.73 Å². The number of sulfonamides is 1. The molecule has 0 radical (unpaired) electrons. The lowest BCUT2D eigenvalue weighted by atomic mass is 10.1. The van der Waals surface area contributed by atoms with E-state index in [0.29, 0.717) is 26.1 Å². The van der Waals surface area contributed by atoms with E-state index < -0.39 is 10.0 Å². The molecule has 0 spiro atoms. The first kappa shape index (κ1) is 24.3. The summed E-state index contributed by atoms with van der Waals surface area (Å²) >= 11 is 5.94. The molecule has 170 valence electrons. The molecule has 32 heavy (non-hydrogen) atoms. The molecule has 1 aromatic heterocycles. The number of nitrogens with zero attached hydrogens (tertiary/aromatic N) is 3. The Labute approximate surface area is 195 Å². The highest BCUT2D eigenvalue weighted by Gasteiger charge is 2.16. The van der Waals surface area contributed by atoms with Gasteiger partial charge in [-0.25, -0.2) is 18.4 Å². The van der Waals surface area contributed by atoms with Crippen molar-refractivity contribution >= 4 is 21.6 Å². The summed E-state index contributed by atoms with van der Waals surface area (Å²) in [5, 5.41) is 0.742. The molecule has 0 aliphatic heterocycles. The standard InChI is InChI=1S/C24H29ClN4O2S/c1-32(30,31)29(16-4-14-26)18-20-6-2-7-21(17-20)23-13-15-27-24(28-23)8-3-5-19-9-11-22(25)12-10-19/h2,6-7,9-13,15,17H,3-5,8,14,16,18,26H2,1H3. The van der Waals surface area contributed by atoms with Crippen LogP contribution in [0, 0.1) is 0 Å². The Balaban J connectivity index is 1.68. The van der Waals surface area contributed by atoms with Crippen LogP contribution in [0.1, 0.15) is 29.8 Å². The molecule has 3 rings (SSSR count).